The standard InChI is InChI=1S/C12H17NO3S/c1-2-17(15,16)12-5-3-11(4-6-12)7-8-13-9-10-14/h3-6,10,13H,2,7-9H2,1H3. The quantitative estimate of drug-likeness (QED) is 0.578. The van der Waals surface area contributed by atoms with Crippen LogP contribution in [0.1, 0.15) is 12.5 Å². The van der Waals surface area contributed by atoms with Crippen LogP contribution in [0.15, 0.2) is 29.2 Å². The number of sulfone groups is 1. The third-order valence-electron chi connectivity index (χ3n) is 2.48. The summed E-state index contributed by atoms with van der Waals surface area (Å²) in [5, 5.41) is 2.95. The summed E-state index contributed by atoms with van der Waals surface area (Å²) in [6, 6.07) is 6.89. The molecular formula is C12H17NO3S. The molecular weight excluding hydrogens is 238 g/mol. The number of nitrogens with one attached hydrogen (secondary N) is 1. The Bertz CT molecular complexity index is 451. The van der Waals surface area contributed by atoms with Gasteiger partial charge < -0.3 is 10.1 Å². The van der Waals surface area contributed by atoms with E-state index < -0.39 is 9.84 Å². The molecule has 1 N–H and O–H groups in total. The van der Waals surface area contributed by atoms with Crippen molar-refractivity contribution in [2.75, 3.05) is 18.8 Å². The number of rotatable bonds is 7. The number of hydrogen-bond acceptors (Lipinski definition) is 4. The van der Waals surface area contributed by atoms with Gasteiger partial charge in [0.2, 0.25) is 0 Å². The smallest absolute Gasteiger partial charge is 0.178 e. The first-order valence-corrected chi connectivity index (χ1v) is 7.21. The van der Waals surface area contributed by atoms with Gasteiger partial charge in [-0.15, -0.1) is 0 Å². The van der Waals surface area contributed by atoms with Gasteiger partial charge in [0.15, 0.2) is 9.84 Å². The molecule has 17 heavy (non-hydrogen) atoms. The lowest BCUT2D eigenvalue weighted by Gasteiger charge is -2.04. The second-order valence-electron chi connectivity index (χ2n) is 3.67. The molecule has 0 radical (unpaired) electrons. The van der Waals surface area contributed by atoms with Gasteiger partial charge in [0.25, 0.3) is 0 Å². The molecule has 0 spiro atoms. The number of aldehydes is 1. The normalized spacial score (nSPS) is 11.4. The molecule has 1 aromatic rings. The highest BCUT2D eigenvalue weighted by Crippen LogP contribution is 2.12. The Morgan fingerprint density at radius 1 is 1.24 bits per heavy atom. The predicted molar refractivity (Wildman–Crippen MR) is 66.8 cm³/mol. The largest absolute Gasteiger partial charge is 0.310 e. The second kappa shape index (κ2) is 6.51. The van der Waals surface area contributed by atoms with Crippen molar-refractivity contribution in [2.45, 2.75) is 18.2 Å². The van der Waals surface area contributed by atoms with Crippen molar-refractivity contribution in [3.05, 3.63) is 29.8 Å². The molecule has 0 saturated carbocycles. The molecule has 0 unspecified atom stereocenters. The third kappa shape index (κ3) is 4.28. The lowest BCUT2D eigenvalue weighted by Crippen LogP contribution is -2.19. The van der Waals surface area contributed by atoms with Crippen LogP contribution in [0.25, 0.3) is 0 Å². The molecule has 0 aromatic heterocycles. The first-order valence-electron chi connectivity index (χ1n) is 5.56. The van der Waals surface area contributed by atoms with Gasteiger partial charge in [0.05, 0.1) is 17.2 Å². The minimum atomic E-state index is -3.11. The van der Waals surface area contributed by atoms with Crippen LogP contribution in [-0.4, -0.2) is 33.5 Å². The first kappa shape index (κ1) is 13.9. The number of carbonyl (C=O) groups is 1. The summed E-state index contributed by atoms with van der Waals surface area (Å²) < 4.78 is 23.1. The van der Waals surface area contributed by atoms with E-state index in [0.29, 0.717) is 18.0 Å². The molecule has 0 aliphatic heterocycles. The molecule has 1 rings (SSSR count). The SMILES string of the molecule is CCS(=O)(=O)c1ccc(CCNCC=O)cc1. The summed E-state index contributed by atoms with van der Waals surface area (Å²) in [4.78, 5) is 10.4. The van der Waals surface area contributed by atoms with Crippen LogP contribution in [0.5, 0.6) is 0 Å². The summed E-state index contributed by atoms with van der Waals surface area (Å²) in [5.74, 6) is 0.118. The maximum Gasteiger partial charge on any atom is 0.178 e. The first-order chi connectivity index (χ1) is 8.10. The zero-order chi connectivity index (χ0) is 12.7. The number of benzene rings is 1. The van der Waals surface area contributed by atoms with Crippen molar-refractivity contribution in [3.8, 4) is 0 Å². The zero-order valence-electron chi connectivity index (χ0n) is 9.85. The molecule has 0 aliphatic carbocycles. The van der Waals surface area contributed by atoms with Gasteiger partial charge in [-0.1, -0.05) is 19.1 Å². The van der Waals surface area contributed by atoms with Crippen LogP contribution in [0, 0.1) is 0 Å². The predicted octanol–water partition coefficient (Wildman–Crippen LogP) is 0.811. The summed E-state index contributed by atoms with van der Waals surface area (Å²) >= 11 is 0. The van der Waals surface area contributed by atoms with Crippen molar-refractivity contribution in [1.82, 2.24) is 5.32 Å². The van der Waals surface area contributed by atoms with E-state index in [2.05, 4.69) is 5.32 Å². The Morgan fingerprint density at radius 3 is 2.41 bits per heavy atom. The highest BCUT2D eigenvalue weighted by Gasteiger charge is 2.10. The minimum absolute atomic E-state index is 0.118. The van der Waals surface area contributed by atoms with Gasteiger partial charge in [-0.2, -0.15) is 0 Å². The van der Waals surface area contributed by atoms with Crippen molar-refractivity contribution < 1.29 is 13.2 Å². The Balaban J connectivity index is 2.59. The molecule has 0 heterocycles. The topological polar surface area (TPSA) is 63.2 Å². The molecule has 94 valence electrons. The molecule has 0 atom stereocenters. The van der Waals surface area contributed by atoms with Crippen LogP contribution in [0.3, 0.4) is 0 Å². The Morgan fingerprint density at radius 2 is 1.88 bits per heavy atom. The Hall–Kier alpha value is -1.20. The second-order valence-corrected chi connectivity index (χ2v) is 5.95. The summed E-state index contributed by atoms with van der Waals surface area (Å²) in [5.41, 5.74) is 1.05. The summed E-state index contributed by atoms with van der Waals surface area (Å²) in [7, 11) is -3.11. The van der Waals surface area contributed by atoms with Crippen LogP contribution in [0.4, 0.5) is 0 Å². The van der Waals surface area contributed by atoms with Crippen molar-refractivity contribution >= 4 is 16.1 Å². The fourth-order valence-electron chi connectivity index (χ4n) is 1.42. The van der Waals surface area contributed by atoms with Gasteiger partial charge in [-0.3, -0.25) is 0 Å². The summed E-state index contributed by atoms with van der Waals surface area (Å²) in [6.45, 7) is 2.69. The van der Waals surface area contributed by atoms with Gasteiger partial charge in [-0.25, -0.2) is 8.42 Å². The molecule has 0 fully saturated rings. The fraction of sp³-hybridized carbons (Fsp3) is 0.417. The van der Waals surface area contributed by atoms with Crippen LogP contribution in [-0.2, 0) is 21.1 Å². The Kier molecular flexibility index (Phi) is 5.31. The Labute approximate surface area is 102 Å². The maximum absolute atomic E-state index is 11.6. The molecule has 4 nitrogen and oxygen atoms in total. The van der Waals surface area contributed by atoms with Crippen LogP contribution < -0.4 is 5.32 Å². The van der Waals surface area contributed by atoms with Crippen molar-refractivity contribution in [3.63, 3.8) is 0 Å². The van der Waals surface area contributed by atoms with E-state index in [4.69, 9.17) is 0 Å². The number of hydrogen-bond donors (Lipinski definition) is 1. The van der Waals surface area contributed by atoms with Gasteiger partial charge in [0.1, 0.15) is 6.29 Å². The van der Waals surface area contributed by atoms with Crippen molar-refractivity contribution in [1.29, 1.82) is 0 Å². The van der Waals surface area contributed by atoms with E-state index in [9.17, 15) is 13.2 Å². The van der Waals surface area contributed by atoms with Crippen LogP contribution >= 0.6 is 0 Å². The van der Waals surface area contributed by atoms with E-state index in [0.717, 1.165) is 18.3 Å². The maximum atomic E-state index is 11.6. The monoisotopic (exact) mass is 255 g/mol. The van der Waals surface area contributed by atoms with E-state index in [1.54, 1.807) is 19.1 Å². The van der Waals surface area contributed by atoms with Gasteiger partial charge in [0, 0.05) is 0 Å². The number of carbonyl (C=O) groups excluding carboxylic acids is 1. The average Bonchev–Trinajstić information content (AvgIpc) is 2.35. The van der Waals surface area contributed by atoms with E-state index in [-0.39, 0.29) is 5.75 Å². The van der Waals surface area contributed by atoms with E-state index in [1.807, 2.05) is 12.1 Å². The molecule has 0 aliphatic rings. The highest BCUT2D eigenvalue weighted by molar-refractivity contribution is 7.91. The minimum Gasteiger partial charge on any atom is -0.310 e. The molecule has 1 aromatic carbocycles. The van der Waals surface area contributed by atoms with E-state index >= 15 is 0 Å². The van der Waals surface area contributed by atoms with E-state index in [1.165, 1.54) is 0 Å². The lowest BCUT2D eigenvalue weighted by atomic mass is 10.1. The zero-order valence-corrected chi connectivity index (χ0v) is 10.7. The van der Waals surface area contributed by atoms with Crippen molar-refractivity contribution in [2.24, 2.45) is 0 Å². The average molecular weight is 255 g/mol. The highest BCUT2D eigenvalue weighted by atomic mass is 32.2. The lowest BCUT2D eigenvalue weighted by molar-refractivity contribution is -0.107. The molecule has 0 amide bonds. The molecule has 0 bridgehead atoms. The van der Waals surface area contributed by atoms with Gasteiger partial charge in [-0.05, 0) is 30.7 Å². The third-order valence-corrected chi connectivity index (χ3v) is 4.23. The fourth-order valence-corrected chi connectivity index (χ4v) is 2.31. The summed E-state index contributed by atoms with van der Waals surface area (Å²) in [6.07, 6.45) is 1.59. The molecule has 5 heteroatoms. The van der Waals surface area contributed by atoms with Crippen LogP contribution in [0.2, 0.25) is 0 Å². The van der Waals surface area contributed by atoms with Gasteiger partial charge >= 0.3 is 0 Å². The molecule has 0 saturated heterocycles.